The number of anilines is 2. The van der Waals surface area contributed by atoms with E-state index < -0.39 is 11.9 Å². The topological polar surface area (TPSA) is 92.8 Å². The van der Waals surface area contributed by atoms with Gasteiger partial charge in [-0.1, -0.05) is 12.1 Å². The summed E-state index contributed by atoms with van der Waals surface area (Å²) < 4.78 is 4.99. The molecule has 3 amide bonds. The van der Waals surface area contributed by atoms with Crippen LogP contribution in [0.15, 0.2) is 48.5 Å². The van der Waals surface area contributed by atoms with Crippen molar-refractivity contribution in [3.63, 3.8) is 0 Å². The van der Waals surface area contributed by atoms with Gasteiger partial charge in [-0.15, -0.1) is 0 Å². The number of esters is 1. The summed E-state index contributed by atoms with van der Waals surface area (Å²) in [7, 11) is 0. The van der Waals surface area contributed by atoms with E-state index in [-0.39, 0.29) is 36.8 Å². The number of imide groups is 1. The maximum absolute atomic E-state index is 12.5. The van der Waals surface area contributed by atoms with Crippen molar-refractivity contribution in [3.05, 3.63) is 59.7 Å². The highest BCUT2D eigenvalue weighted by Gasteiger charge is 2.30. The van der Waals surface area contributed by atoms with Crippen LogP contribution < -0.4 is 10.2 Å². The van der Waals surface area contributed by atoms with E-state index in [1.807, 2.05) is 0 Å². The number of nitrogens with one attached hydrogen (secondary N) is 1. The first-order valence-electron chi connectivity index (χ1n) is 8.54. The van der Waals surface area contributed by atoms with Gasteiger partial charge >= 0.3 is 5.97 Å². The molecule has 0 unspecified atom stereocenters. The van der Waals surface area contributed by atoms with Crippen molar-refractivity contribution in [2.45, 2.75) is 19.8 Å². The quantitative estimate of drug-likeness (QED) is 0.649. The maximum atomic E-state index is 12.5. The van der Waals surface area contributed by atoms with Crippen LogP contribution in [0.5, 0.6) is 0 Å². The lowest BCUT2D eigenvalue weighted by Crippen LogP contribution is -2.28. The fourth-order valence-corrected chi connectivity index (χ4v) is 2.80. The van der Waals surface area contributed by atoms with E-state index >= 15 is 0 Å². The molecule has 3 rings (SSSR count). The summed E-state index contributed by atoms with van der Waals surface area (Å²) in [6.07, 6.45) is 0.400. The molecule has 138 valence electrons. The third kappa shape index (κ3) is 3.87. The van der Waals surface area contributed by atoms with Crippen molar-refractivity contribution in [3.8, 4) is 0 Å². The first-order chi connectivity index (χ1) is 13.0. The smallest absolute Gasteiger partial charge is 0.340 e. The number of ether oxygens (including phenoxy) is 1. The van der Waals surface area contributed by atoms with Gasteiger partial charge in [-0.3, -0.25) is 19.3 Å². The molecule has 0 bridgehead atoms. The van der Waals surface area contributed by atoms with Gasteiger partial charge in [0.2, 0.25) is 11.8 Å². The highest BCUT2D eigenvalue weighted by atomic mass is 16.5. The molecular formula is C20H18N2O5. The summed E-state index contributed by atoms with van der Waals surface area (Å²) in [4.78, 5) is 49.2. The molecule has 1 fully saturated rings. The van der Waals surface area contributed by atoms with E-state index in [1.54, 1.807) is 43.3 Å². The molecule has 0 radical (unpaired) electrons. The lowest BCUT2D eigenvalue weighted by molar-refractivity contribution is -0.121. The summed E-state index contributed by atoms with van der Waals surface area (Å²) in [5.41, 5.74) is 1.37. The number of hydrogen-bond donors (Lipinski definition) is 1. The number of carbonyl (C=O) groups excluding carboxylic acids is 4. The van der Waals surface area contributed by atoms with Crippen LogP contribution in [0.4, 0.5) is 11.4 Å². The molecule has 7 nitrogen and oxygen atoms in total. The Balaban J connectivity index is 1.77. The number of para-hydroxylation sites is 1. The molecule has 0 spiro atoms. The summed E-state index contributed by atoms with van der Waals surface area (Å²) in [5.74, 6) is -1.44. The minimum atomic E-state index is -0.519. The standard InChI is InChI=1S/C20H18N2O5/c1-2-27-20(26)15-5-3-4-6-16(15)21-19(25)13-7-9-14(10-8-13)22-17(23)11-12-18(22)24/h3-10H,2,11-12H2,1H3,(H,21,25). The Morgan fingerprint density at radius 2 is 1.63 bits per heavy atom. The van der Waals surface area contributed by atoms with E-state index in [1.165, 1.54) is 12.1 Å². The maximum Gasteiger partial charge on any atom is 0.340 e. The average Bonchev–Trinajstić information content (AvgIpc) is 3.01. The Bertz CT molecular complexity index is 889. The molecule has 2 aromatic carbocycles. The molecular weight excluding hydrogens is 348 g/mol. The summed E-state index contributed by atoms with van der Waals surface area (Å²) in [6.45, 7) is 1.94. The Labute approximate surface area is 155 Å². The van der Waals surface area contributed by atoms with Gasteiger partial charge in [0.05, 0.1) is 23.5 Å². The van der Waals surface area contributed by atoms with E-state index in [0.29, 0.717) is 16.9 Å². The third-order valence-electron chi connectivity index (χ3n) is 4.11. The highest BCUT2D eigenvalue weighted by molar-refractivity contribution is 6.20. The van der Waals surface area contributed by atoms with E-state index in [9.17, 15) is 19.2 Å². The van der Waals surface area contributed by atoms with Crippen LogP contribution in [0.3, 0.4) is 0 Å². The fourth-order valence-electron chi connectivity index (χ4n) is 2.80. The molecule has 1 aliphatic heterocycles. The molecule has 0 saturated carbocycles. The van der Waals surface area contributed by atoms with Crippen LogP contribution in [-0.4, -0.2) is 30.3 Å². The lowest BCUT2D eigenvalue weighted by atomic mass is 10.1. The molecule has 0 aromatic heterocycles. The number of rotatable bonds is 5. The Morgan fingerprint density at radius 1 is 1.00 bits per heavy atom. The van der Waals surface area contributed by atoms with Crippen molar-refractivity contribution in [2.24, 2.45) is 0 Å². The molecule has 0 atom stereocenters. The zero-order chi connectivity index (χ0) is 19.4. The monoisotopic (exact) mass is 366 g/mol. The van der Waals surface area contributed by atoms with E-state index in [0.717, 1.165) is 4.90 Å². The van der Waals surface area contributed by atoms with Gasteiger partial charge in [0.1, 0.15) is 0 Å². The largest absolute Gasteiger partial charge is 0.462 e. The zero-order valence-electron chi connectivity index (χ0n) is 14.7. The van der Waals surface area contributed by atoms with Gasteiger partial charge in [-0.05, 0) is 43.3 Å². The van der Waals surface area contributed by atoms with Crippen molar-refractivity contribution in [1.82, 2.24) is 0 Å². The Kier molecular flexibility index (Phi) is 5.30. The van der Waals surface area contributed by atoms with Gasteiger partial charge < -0.3 is 10.1 Å². The second kappa shape index (κ2) is 7.82. The second-order valence-electron chi connectivity index (χ2n) is 5.89. The van der Waals surface area contributed by atoms with Crippen molar-refractivity contribution >= 4 is 35.1 Å². The summed E-state index contributed by atoms with van der Waals surface area (Å²) in [6, 6.07) is 12.7. The molecule has 1 aliphatic rings. The molecule has 2 aromatic rings. The number of carbonyl (C=O) groups is 4. The second-order valence-corrected chi connectivity index (χ2v) is 5.89. The highest BCUT2D eigenvalue weighted by Crippen LogP contribution is 2.23. The first kappa shape index (κ1) is 18.3. The van der Waals surface area contributed by atoms with E-state index in [4.69, 9.17) is 4.74 Å². The number of nitrogens with zero attached hydrogens (tertiary/aromatic N) is 1. The van der Waals surface area contributed by atoms with Crippen LogP contribution in [-0.2, 0) is 14.3 Å². The number of amides is 3. The molecule has 1 saturated heterocycles. The summed E-state index contributed by atoms with van der Waals surface area (Å²) in [5, 5.41) is 2.69. The normalized spacial score (nSPS) is 13.6. The van der Waals surface area contributed by atoms with Crippen LogP contribution in [0.25, 0.3) is 0 Å². The van der Waals surface area contributed by atoms with Gasteiger partial charge in [-0.2, -0.15) is 0 Å². The number of benzene rings is 2. The molecule has 1 heterocycles. The van der Waals surface area contributed by atoms with Gasteiger partial charge in [0.15, 0.2) is 0 Å². The zero-order valence-corrected chi connectivity index (χ0v) is 14.7. The van der Waals surface area contributed by atoms with Crippen molar-refractivity contribution in [1.29, 1.82) is 0 Å². The van der Waals surface area contributed by atoms with Crippen LogP contribution in [0.1, 0.15) is 40.5 Å². The third-order valence-corrected chi connectivity index (χ3v) is 4.11. The van der Waals surface area contributed by atoms with Crippen molar-refractivity contribution < 1.29 is 23.9 Å². The van der Waals surface area contributed by atoms with E-state index in [2.05, 4.69) is 5.32 Å². The Morgan fingerprint density at radius 3 is 2.26 bits per heavy atom. The van der Waals surface area contributed by atoms with Crippen molar-refractivity contribution in [2.75, 3.05) is 16.8 Å². The van der Waals surface area contributed by atoms with Crippen LogP contribution in [0, 0.1) is 0 Å². The molecule has 27 heavy (non-hydrogen) atoms. The van der Waals surface area contributed by atoms with Crippen LogP contribution >= 0.6 is 0 Å². The molecule has 0 aliphatic carbocycles. The number of hydrogen-bond acceptors (Lipinski definition) is 5. The predicted octanol–water partition coefficient (Wildman–Crippen LogP) is 2.77. The fraction of sp³-hybridized carbons (Fsp3) is 0.200. The average molecular weight is 366 g/mol. The molecule has 7 heteroatoms. The van der Waals surface area contributed by atoms with Gasteiger partial charge in [0.25, 0.3) is 5.91 Å². The SMILES string of the molecule is CCOC(=O)c1ccccc1NC(=O)c1ccc(N2C(=O)CCC2=O)cc1. The summed E-state index contributed by atoms with van der Waals surface area (Å²) >= 11 is 0. The Hall–Kier alpha value is -3.48. The van der Waals surface area contributed by atoms with Gasteiger partial charge in [-0.25, -0.2) is 4.79 Å². The minimum Gasteiger partial charge on any atom is -0.462 e. The molecule has 1 N–H and O–H groups in total. The van der Waals surface area contributed by atoms with Gasteiger partial charge in [0, 0.05) is 18.4 Å². The minimum absolute atomic E-state index is 0.200. The predicted molar refractivity (Wildman–Crippen MR) is 98.5 cm³/mol. The van der Waals surface area contributed by atoms with Crippen LogP contribution in [0.2, 0.25) is 0 Å². The first-order valence-corrected chi connectivity index (χ1v) is 8.54. The lowest BCUT2D eigenvalue weighted by Gasteiger charge is -2.14.